The number of hydrogen-bond acceptors (Lipinski definition) is 1. The molecule has 78 valence electrons. The van der Waals surface area contributed by atoms with Crippen LogP contribution in [0.3, 0.4) is 0 Å². The van der Waals surface area contributed by atoms with E-state index in [4.69, 9.17) is 4.74 Å². The van der Waals surface area contributed by atoms with Crippen molar-refractivity contribution in [1.29, 1.82) is 0 Å². The molecule has 0 radical (unpaired) electrons. The second kappa shape index (κ2) is 6.33. The zero-order valence-corrected chi connectivity index (χ0v) is 9.51. The lowest BCUT2D eigenvalue weighted by atomic mass is 10.5. The first-order chi connectivity index (χ1) is 6.25. The van der Waals surface area contributed by atoms with E-state index in [-0.39, 0.29) is 12.4 Å². The van der Waals surface area contributed by atoms with Crippen molar-refractivity contribution in [2.24, 2.45) is 7.05 Å². The molecule has 1 aromatic heterocycles. The summed E-state index contributed by atoms with van der Waals surface area (Å²) >= 11 is 0. The minimum absolute atomic E-state index is 0. The van der Waals surface area contributed by atoms with Crippen LogP contribution in [0.15, 0.2) is 12.4 Å². The molecule has 0 aromatic carbocycles. The molecule has 1 rings (SSSR count). The minimum Gasteiger partial charge on any atom is -1.00 e. The zero-order valence-electron chi connectivity index (χ0n) is 8.75. The van der Waals surface area contributed by atoms with Gasteiger partial charge in [0.25, 0.3) is 5.82 Å². The van der Waals surface area contributed by atoms with Crippen molar-refractivity contribution in [2.45, 2.75) is 27.0 Å². The monoisotopic (exact) mass is 214 g/mol. The third-order valence-corrected chi connectivity index (χ3v) is 1.92. The summed E-state index contributed by atoms with van der Waals surface area (Å²) in [6, 6.07) is 0. The zero-order chi connectivity index (χ0) is 9.68. The van der Waals surface area contributed by atoms with Crippen LogP contribution in [0.2, 0.25) is 0 Å². The normalized spacial score (nSPS) is 8.50. The van der Waals surface area contributed by atoms with Gasteiger partial charge in [-0.25, -0.2) is 4.57 Å². The van der Waals surface area contributed by atoms with Crippen molar-refractivity contribution in [3.63, 3.8) is 0 Å². The molecule has 0 aliphatic carbocycles. The van der Waals surface area contributed by atoms with Gasteiger partial charge in [0.15, 0.2) is 0 Å². The second-order valence-electron chi connectivity index (χ2n) is 2.83. The Balaban J connectivity index is 0.00000169. The Bertz CT molecular complexity index is 336. The summed E-state index contributed by atoms with van der Waals surface area (Å²) in [5, 5.41) is 0. The number of hydrogen-bond donors (Lipinski definition) is 0. The maximum Gasteiger partial charge on any atom is 0.255 e. The first kappa shape index (κ1) is 12.9. The molecule has 3 nitrogen and oxygen atoms in total. The molecule has 1 heterocycles. The molecule has 0 spiro atoms. The predicted octanol–water partition coefficient (Wildman–Crippen LogP) is -2.03. The minimum atomic E-state index is 0. The summed E-state index contributed by atoms with van der Waals surface area (Å²) in [4.78, 5) is 0. The van der Waals surface area contributed by atoms with Crippen molar-refractivity contribution in [2.75, 3.05) is 0 Å². The molecule has 0 fully saturated rings. The Morgan fingerprint density at radius 2 is 2.29 bits per heavy atom. The highest BCUT2D eigenvalue weighted by atomic mass is 35.5. The third kappa shape index (κ3) is 3.31. The predicted molar refractivity (Wildman–Crippen MR) is 49.5 cm³/mol. The van der Waals surface area contributed by atoms with Crippen LogP contribution in [0, 0.1) is 19.0 Å². The highest BCUT2D eigenvalue weighted by Crippen LogP contribution is 1.92. The molecule has 0 aliphatic heterocycles. The lowest BCUT2D eigenvalue weighted by Gasteiger charge is -1.95. The van der Waals surface area contributed by atoms with Crippen molar-refractivity contribution in [3.8, 4) is 12.0 Å². The lowest BCUT2D eigenvalue weighted by molar-refractivity contribution is -0.677. The van der Waals surface area contributed by atoms with Crippen LogP contribution in [-0.2, 0) is 18.5 Å². The van der Waals surface area contributed by atoms with Gasteiger partial charge in [0.1, 0.15) is 18.5 Å². The fraction of sp³-hybridized carbons (Fsp3) is 0.500. The standard InChI is InChI=1S/C10H15N2O.ClH/c1-4-5-8-13-9-12-7-6-11(3)10(12)2;/h6-7H,4,9H2,1-3H3;1H/q+1;/p-1. The van der Waals surface area contributed by atoms with E-state index in [2.05, 4.69) is 12.0 Å². The SMILES string of the molecule is CCC#COCn1cc[n+](C)c1C.[Cl-]. The van der Waals surface area contributed by atoms with Crippen molar-refractivity contribution in [1.82, 2.24) is 4.57 Å². The quantitative estimate of drug-likeness (QED) is 0.410. The molecule has 0 atom stereocenters. The molecule has 0 bridgehead atoms. The maximum atomic E-state index is 5.14. The Labute approximate surface area is 91.1 Å². The number of nitrogens with zero attached hydrogens (tertiary/aromatic N) is 2. The number of aromatic nitrogens is 2. The summed E-state index contributed by atoms with van der Waals surface area (Å²) in [6.07, 6.45) is 7.44. The van der Waals surface area contributed by atoms with E-state index in [1.54, 1.807) is 0 Å². The summed E-state index contributed by atoms with van der Waals surface area (Å²) in [5.41, 5.74) is 0. The first-order valence-corrected chi connectivity index (χ1v) is 4.36. The van der Waals surface area contributed by atoms with Gasteiger partial charge in [-0.05, 0) is 0 Å². The molecule has 0 N–H and O–H groups in total. The van der Waals surface area contributed by atoms with Gasteiger partial charge < -0.3 is 17.1 Å². The summed E-state index contributed by atoms with van der Waals surface area (Å²) in [5.74, 6) is 4.00. The van der Waals surface area contributed by atoms with E-state index in [1.165, 1.54) is 0 Å². The van der Waals surface area contributed by atoms with Gasteiger partial charge in [-0.2, -0.15) is 4.57 Å². The average molecular weight is 215 g/mol. The Hall–Kier alpha value is -1.14. The number of aryl methyl sites for hydroxylation is 1. The van der Waals surface area contributed by atoms with Gasteiger partial charge in [-0.3, -0.25) is 0 Å². The molecule has 0 amide bonds. The Morgan fingerprint density at radius 1 is 1.57 bits per heavy atom. The molecule has 14 heavy (non-hydrogen) atoms. The van der Waals surface area contributed by atoms with Crippen LogP contribution < -0.4 is 17.0 Å². The number of ether oxygens (including phenoxy) is 1. The molecule has 1 aromatic rings. The van der Waals surface area contributed by atoms with E-state index >= 15 is 0 Å². The smallest absolute Gasteiger partial charge is 0.255 e. The molecular weight excluding hydrogens is 200 g/mol. The second-order valence-corrected chi connectivity index (χ2v) is 2.83. The van der Waals surface area contributed by atoms with Crippen molar-refractivity contribution < 1.29 is 21.7 Å². The van der Waals surface area contributed by atoms with Gasteiger partial charge in [0.05, 0.1) is 7.05 Å². The highest BCUT2D eigenvalue weighted by Gasteiger charge is 2.07. The Morgan fingerprint density at radius 3 is 2.79 bits per heavy atom. The molecule has 0 unspecified atom stereocenters. The van der Waals surface area contributed by atoms with Crippen LogP contribution in [0.4, 0.5) is 0 Å². The van der Waals surface area contributed by atoms with Gasteiger partial charge in [-0.1, -0.05) is 12.8 Å². The first-order valence-electron chi connectivity index (χ1n) is 4.36. The van der Waals surface area contributed by atoms with Gasteiger partial charge >= 0.3 is 0 Å². The van der Waals surface area contributed by atoms with E-state index in [0.717, 1.165) is 12.2 Å². The summed E-state index contributed by atoms with van der Waals surface area (Å²) < 4.78 is 9.19. The van der Waals surface area contributed by atoms with Crippen LogP contribution in [0.1, 0.15) is 19.2 Å². The van der Waals surface area contributed by atoms with Gasteiger partial charge in [0.2, 0.25) is 6.73 Å². The van der Waals surface area contributed by atoms with Crippen LogP contribution >= 0.6 is 0 Å². The molecule has 0 saturated heterocycles. The van der Waals surface area contributed by atoms with Gasteiger partial charge in [0, 0.05) is 13.3 Å². The largest absolute Gasteiger partial charge is 1.00 e. The van der Waals surface area contributed by atoms with Crippen molar-refractivity contribution >= 4 is 0 Å². The number of halogens is 1. The summed E-state index contributed by atoms with van der Waals surface area (Å²) in [6.45, 7) is 4.54. The van der Waals surface area contributed by atoms with E-state index in [9.17, 15) is 0 Å². The van der Waals surface area contributed by atoms with Crippen LogP contribution in [0.5, 0.6) is 0 Å². The van der Waals surface area contributed by atoms with Crippen LogP contribution in [-0.4, -0.2) is 4.57 Å². The molecule has 0 saturated carbocycles. The topological polar surface area (TPSA) is 18.0 Å². The Kier molecular flexibility index (Phi) is 5.82. The van der Waals surface area contributed by atoms with Gasteiger partial charge in [-0.15, -0.1) is 0 Å². The fourth-order valence-corrected chi connectivity index (χ4v) is 0.960. The molecule has 4 heteroatoms. The lowest BCUT2D eigenvalue weighted by Crippen LogP contribution is -3.00. The highest BCUT2D eigenvalue weighted by molar-refractivity contribution is 4.89. The third-order valence-electron chi connectivity index (χ3n) is 1.92. The van der Waals surface area contributed by atoms with Crippen molar-refractivity contribution in [3.05, 3.63) is 18.2 Å². The summed E-state index contributed by atoms with van der Waals surface area (Å²) in [7, 11) is 2.00. The number of imidazole rings is 1. The molecular formula is C10H15ClN2O. The average Bonchev–Trinajstić information content (AvgIpc) is 2.43. The maximum absolute atomic E-state index is 5.14. The number of rotatable bonds is 2. The fourth-order valence-electron chi connectivity index (χ4n) is 0.960. The van der Waals surface area contributed by atoms with E-state index in [0.29, 0.717) is 6.73 Å². The molecule has 0 aliphatic rings. The van der Waals surface area contributed by atoms with E-state index < -0.39 is 0 Å². The van der Waals surface area contributed by atoms with Crippen LogP contribution in [0.25, 0.3) is 0 Å². The van der Waals surface area contributed by atoms with E-state index in [1.807, 2.05) is 42.4 Å².